The number of hydrogen-bond donors (Lipinski definition) is 1. The van der Waals surface area contributed by atoms with Gasteiger partial charge in [0.15, 0.2) is 5.03 Å². The second-order valence-corrected chi connectivity index (χ2v) is 8.10. The molecule has 0 bridgehead atoms. The molecular weight excluding hydrogens is 412 g/mol. The number of sulfone groups is 1. The van der Waals surface area contributed by atoms with Crippen LogP contribution in [0.3, 0.4) is 0 Å². The Kier molecular flexibility index (Phi) is 5.48. The highest BCUT2D eigenvalue weighted by molar-refractivity contribution is 7.91. The molecule has 1 heterocycles. The van der Waals surface area contributed by atoms with Gasteiger partial charge in [-0.2, -0.15) is 13.9 Å². The van der Waals surface area contributed by atoms with Gasteiger partial charge < -0.3 is 5.32 Å². The van der Waals surface area contributed by atoms with E-state index in [1.807, 2.05) is 0 Å². The van der Waals surface area contributed by atoms with Gasteiger partial charge in [0.1, 0.15) is 0 Å². The largest absolute Gasteiger partial charge is 0.342 e. The zero-order valence-corrected chi connectivity index (χ0v) is 16.0. The monoisotopic (exact) mass is 425 g/mol. The Bertz CT molecular complexity index is 1130. The summed E-state index contributed by atoms with van der Waals surface area (Å²) in [4.78, 5) is 12.7. The number of nitrogens with zero attached hydrogens (tertiary/aromatic N) is 2. The molecule has 2 aromatic carbocycles. The van der Waals surface area contributed by atoms with Crippen molar-refractivity contribution in [3.8, 4) is 11.1 Å². The minimum Gasteiger partial charge on any atom is -0.321 e. The summed E-state index contributed by atoms with van der Waals surface area (Å²) in [6, 6.07) is 13.7. The van der Waals surface area contributed by atoms with Crippen molar-refractivity contribution in [3.05, 3.63) is 65.3 Å². The molecule has 0 saturated carbocycles. The fourth-order valence-corrected chi connectivity index (χ4v) is 3.57. The molecule has 1 aromatic heterocycles. The van der Waals surface area contributed by atoms with Crippen LogP contribution >= 0.6 is 11.6 Å². The van der Waals surface area contributed by atoms with E-state index in [2.05, 4.69) is 10.4 Å². The molecule has 0 unspecified atom stereocenters. The van der Waals surface area contributed by atoms with Gasteiger partial charge in [0, 0.05) is 29.5 Å². The number of benzene rings is 2. The lowest BCUT2D eigenvalue weighted by Gasteiger charge is -2.11. The molecule has 3 rings (SSSR count). The number of aryl methyl sites for hydroxylation is 1. The maximum absolute atomic E-state index is 12.9. The SMILES string of the molecule is Cn1cc(C(=O)Nc2ccccc2-c2ccc(Cl)cc2)c(S(=O)(=O)C(F)F)n1. The van der Waals surface area contributed by atoms with Crippen LogP contribution in [0, 0.1) is 0 Å². The number of anilines is 1. The molecule has 28 heavy (non-hydrogen) atoms. The van der Waals surface area contributed by atoms with Crippen molar-refractivity contribution < 1.29 is 22.0 Å². The molecule has 6 nitrogen and oxygen atoms in total. The van der Waals surface area contributed by atoms with Crippen LogP contribution in [0.1, 0.15) is 10.4 Å². The number of carbonyl (C=O) groups excluding carboxylic acids is 1. The van der Waals surface area contributed by atoms with Crippen molar-refractivity contribution in [1.82, 2.24) is 9.78 Å². The maximum Gasteiger partial charge on any atom is 0.342 e. The number of aromatic nitrogens is 2. The van der Waals surface area contributed by atoms with Crippen LogP contribution in [-0.4, -0.2) is 29.9 Å². The lowest BCUT2D eigenvalue weighted by atomic mass is 10.0. The number of hydrogen-bond acceptors (Lipinski definition) is 4. The molecule has 0 aliphatic rings. The average Bonchev–Trinajstić information content (AvgIpc) is 3.05. The lowest BCUT2D eigenvalue weighted by molar-refractivity contribution is 0.102. The zero-order valence-electron chi connectivity index (χ0n) is 14.4. The predicted molar refractivity (Wildman–Crippen MR) is 101 cm³/mol. The summed E-state index contributed by atoms with van der Waals surface area (Å²) in [5, 5.41) is 5.68. The molecule has 1 N–H and O–H groups in total. The maximum atomic E-state index is 12.9. The lowest BCUT2D eigenvalue weighted by Crippen LogP contribution is -2.19. The first-order valence-electron chi connectivity index (χ1n) is 7.92. The van der Waals surface area contributed by atoms with Crippen LogP contribution in [0.15, 0.2) is 59.8 Å². The number of para-hydroxylation sites is 1. The van der Waals surface area contributed by atoms with Crippen LogP contribution in [0.5, 0.6) is 0 Å². The number of nitrogens with one attached hydrogen (secondary N) is 1. The van der Waals surface area contributed by atoms with Crippen molar-refractivity contribution in [2.45, 2.75) is 10.8 Å². The molecular formula is C18H14ClF2N3O3S. The van der Waals surface area contributed by atoms with Crippen LogP contribution in [0.25, 0.3) is 11.1 Å². The Balaban J connectivity index is 1.99. The van der Waals surface area contributed by atoms with E-state index in [9.17, 15) is 22.0 Å². The van der Waals surface area contributed by atoms with Crippen LogP contribution in [-0.2, 0) is 16.9 Å². The summed E-state index contributed by atoms with van der Waals surface area (Å²) in [5.74, 6) is -4.55. The smallest absolute Gasteiger partial charge is 0.321 e. The van der Waals surface area contributed by atoms with Crippen molar-refractivity contribution in [3.63, 3.8) is 0 Å². The number of carbonyl (C=O) groups is 1. The molecule has 146 valence electrons. The van der Waals surface area contributed by atoms with Gasteiger partial charge >= 0.3 is 5.76 Å². The normalized spacial score (nSPS) is 11.6. The van der Waals surface area contributed by atoms with Crippen molar-refractivity contribution >= 4 is 33.0 Å². The minimum atomic E-state index is -5.03. The summed E-state index contributed by atoms with van der Waals surface area (Å²) in [6.07, 6.45) is 1.08. The van der Waals surface area contributed by atoms with Gasteiger partial charge in [-0.15, -0.1) is 0 Å². The summed E-state index contributed by atoms with van der Waals surface area (Å²) in [7, 11) is -3.70. The fourth-order valence-electron chi connectivity index (χ4n) is 2.58. The highest BCUT2D eigenvalue weighted by Crippen LogP contribution is 2.30. The third-order valence-corrected chi connectivity index (χ3v) is 5.44. The molecule has 0 fully saturated rings. The van der Waals surface area contributed by atoms with E-state index in [1.54, 1.807) is 48.5 Å². The van der Waals surface area contributed by atoms with Crippen LogP contribution in [0.2, 0.25) is 5.02 Å². The first-order valence-corrected chi connectivity index (χ1v) is 9.84. The van der Waals surface area contributed by atoms with Gasteiger partial charge in [0.2, 0.25) is 0 Å². The average molecular weight is 426 g/mol. The molecule has 0 spiro atoms. The van der Waals surface area contributed by atoms with Crippen LogP contribution < -0.4 is 5.32 Å². The minimum absolute atomic E-state index is 0.374. The molecule has 0 radical (unpaired) electrons. The Morgan fingerprint density at radius 3 is 2.43 bits per heavy atom. The highest BCUT2D eigenvalue weighted by atomic mass is 35.5. The molecule has 0 saturated heterocycles. The number of rotatable bonds is 5. The van der Waals surface area contributed by atoms with E-state index in [0.717, 1.165) is 16.4 Å². The fraction of sp³-hybridized carbons (Fsp3) is 0.111. The van der Waals surface area contributed by atoms with Gasteiger partial charge in [-0.3, -0.25) is 9.48 Å². The molecule has 0 aliphatic heterocycles. The first kappa shape index (κ1) is 20.0. The van der Waals surface area contributed by atoms with E-state index in [0.29, 0.717) is 16.3 Å². The van der Waals surface area contributed by atoms with Crippen molar-refractivity contribution in [2.75, 3.05) is 5.32 Å². The quantitative estimate of drug-likeness (QED) is 0.670. The molecule has 3 aromatic rings. The number of amides is 1. The Labute approximate surface area is 164 Å². The number of halogens is 3. The summed E-state index contributed by atoms with van der Waals surface area (Å²) in [5.41, 5.74) is 1.31. The standard InChI is InChI=1S/C18H14ClF2N3O3S/c1-24-10-14(17(23-24)28(26,27)18(20)21)16(25)22-15-5-3-2-4-13(15)11-6-8-12(19)9-7-11/h2-10,18H,1H3,(H,22,25). The Morgan fingerprint density at radius 2 is 1.79 bits per heavy atom. The van der Waals surface area contributed by atoms with E-state index in [-0.39, 0.29) is 0 Å². The number of alkyl halides is 2. The van der Waals surface area contributed by atoms with Gasteiger partial charge in [0.25, 0.3) is 15.7 Å². The summed E-state index contributed by atoms with van der Waals surface area (Å²) < 4.78 is 50.5. The Morgan fingerprint density at radius 1 is 1.14 bits per heavy atom. The van der Waals surface area contributed by atoms with E-state index in [4.69, 9.17) is 11.6 Å². The zero-order chi connectivity index (χ0) is 20.5. The van der Waals surface area contributed by atoms with Crippen molar-refractivity contribution in [1.29, 1.82) is 0 Å². The molecule has 1 amide bonds. The van der Waals surface area contributed by atoms with E-state index in [1.165, 1.54) is 7.05 Å². The molecule has 0 atom stereocenters. The third kappa shape index (κ3) is 3.90. The summed E-state index contributed by atoms with van der Waals surface area (Å²) >= 11 is 5.89. The third-order valence-electron chi connectivity index (χ3n) is 3.87. The predicted octanol–water partition coefficient (Wildman–Crippen LogP) is 3.99. The van der Waals surface area contributed by atoms with Gasteiger partial charge in [-0.25, -0.2) is 8.42 Å². The van der Waals surface area contributed by atoms with Gasteiger partial charge in [-0.05, 0) is 23.8 Å². The van der Waals surface area contributed by atoms with E-state index >= 15 is 0 Å². The Hall–Kier alpha value is -2.78. The van der Waals surface area contributed by atoms with Gasteiger partial charge in [-0.1, -0.05) is 41.9 Å². The second-order valence-electron chi connectivity index (χ2n) is 5.83. The first-order chi connectivity index (χ1) is 13.2. The second kappa shape index (κ2) is 7.69. The summed E-state index contributed by atoms with van der Waals surface area (Å²) in [6.45, 7) is 0. The van der Waals surface area contributed by atoms with Crippen LogP contribution in [0.4, 0.5) is 14.5 Å². The van der Waals surface area contributed by atoms with Gasteiger partial charge in [0.05, 0.1) is 5.56 Å². The highest BCUT2D eigenvalue weighted by Gasteiger charge is 2.34. The van der Waals surface area contributed by atoms with E-state index < -0.39 is 32.1 Å². The topological polar surface area (TPSA) is 81.1 Å². The molecule has 10 heteroatoms. The van der Waals surface area contributed by atoms with Crippen molar-refractivity contribution in [2.24, 2.45) is 7.05 Å². The molecule has 0 aliphatic carbocycles.